The third kappa shape index (κ3) is 3.15. The summed E-state index contributed by atoms with van der Waals surface area (Å²) in [5, 5.41) is 21.2. The molecule has 0 saturated heterocycles. The van der Waals surface area contributed by atoms with Gasteiger partial charge in [-0.05, 0) is 13.0 Å². The van der Waals surface area contributed by atoms with Crippen molar-refractivity contribution in [2.45, 2.75) is 26.1 Å². The van der Waals surface area contributed by atoms with Crippen LogP contribution in [0.3, 0.4) is 0 Å². The van der Waals surface area contributed by atoms with Gasteiger partial charge in [-0.2, -0.15) is 0 Å². The zero-order valence-corrected chi connectivity index (χ0v) is 6.83. The molecule has 0 aromatic heterocycles. The number of hydrogen-bond acceptors (Lipinski definition) is 3. The smallest absolute Gasteiger partial charge is 0.0925 e. The van der Waals surface area contributed by atoms with Crippen LogP contribution in [0.1, 0.15) is 13.8 Å². The molecule has 62 valence electrons. The van der Waals surface area contributed by atoms with Crippen molar-refractivity contribution in [1.29, 1.82) is 0 Å². The minimum absolute atomic E-state index is 0.114. The second-order valence-corrected chi connectivity index (χ2v) is 2.86. The molecule has 0 amide bonds. The van der Waals surface area contributed by atoms with Crippen LogP contribution in [0.25, 0.3) is 0 Å². The predicted molar refractivity (Wildman–Crippen MR) is 40.8 cm³/mol. The number of rotatable bonds is 4. The molecule has 0 saturated carbocycles. The van der Waals surface area contributed by atoms with Gasteiger partial charge in [0.2, 0.25) is 0 Å². The first-order chi connectivity index (χ1) is 4.59. The fourth-order valence-corrected chi connectivity index (χ4v) is 0.774. The molecule has 3 heteroatoms. The normalized spacial score (nSPS) is 17.4. The van der Waals surface area contributed by atoms with Gasteiger partial charge in [-0.25, -0.2) is 0 Å². The molecule has 0 aliphatic carbocycles. The molecular formula is C7H17NO2. The van der Waals surface area contributed by atoms with Gasteiger partial charge in [0.05, 0.1) is 12.2 Å². The van der Waals surface area contributed by atoms with E-state index in [1.54, 1.807) is 7.05 Å². The van der Waals surface area contributed by atoms with Gasteiger partial charge in [0.1, 0.15) is 0 Å². The van der Waals surface area contributed by atoms with E-state index in [2.05, 4.69) is 5.32 Å². The monoisotopic (exact) mass is 147 g/mol. The average Bonchev–Trinajstić information content (AvgIpc) is 1.87. The van der Waals surface area contributed by atoms with E-state index in [0.29, 0.717) is 6.54 Å². The number of hydrogen-bond donors (Lipinski definition) is 3. The highest BCUT2D eigenvalue weighted by molar-refractivity contribution is 4.71. The third-order valence-electron chi connectivity index (χ3n) is 1.49. The molecule has 0 heterocycles. The summed E-state index contributed by atoms with van der Waals surface area (Å²) in [5.41, 5.74) is 0. The Hall–Kier alpha value is -0.120. The van der Waals surface area contributed by atoms with Crippen LogP contribution in [-0.4, -0.2) is 36.0 Å². The van der Waals surface area contributed by atoms with Crippen LogP contribution >= 0.6 is 0 Å². The number of likely N-dealkylation sites (N-methyl/N-ethyl adjacent to an activating group) is 1. The summed E-state index contributed by atoms with van der Waals surface area (Å²) < 4.78 is 0. The van der Waals surface area contributed by atoms with E-state index in [0.717, 1.165) is 0 Å². The van der Waals surface area contributed by atoms with Crippen LogP contribution in [0.2, 0.25) is 0 Å². The van der Waals surface area contributed by atoms with Crippen molar-refractivity contribution in [3.8, 4) is 0 Å². The maximum Gasteiger partial charge on any atom is 0.0925 e. The number of aliphatic hydroxyl groups is 2. The SMILES string of the molecule is CNCC(O)C(O)C(C)C. The lowest BCUT2D eigenvalue weighted by atomic mass is 10.0. The molecule has 0 aromatic carbocycles. The molecular weight excluding hydrogens is 130 g/mol. The van der Waals surface area contributed by atoms with Gasteiger partial charge in [0.15, 0.2) is 0 Å². The van der Waals surface area contributed by atoms with Gasteiger partial charge in [-0.1, -0.05) is 13.8 Å². The Kier molecular flexibility index (Phi) is 4.60. The Labute approximate surface area is 62.1 Å². The van der Waals surface area contributed by atoms with Gasteiger partial charge in [-0.3, -0.25) is 0 Å². The van der Waals surface area contributed by atoms with Crippen molar-refractivity contribution in [3.05, 3.63) is 0 Å². The molecule has 2 unspecified atom stereocenters. The van der Waals surface area contributed by atoms with E-state index in [1.807, 2.05) is 13.8 Å². The minimum atomic E-state index is -0.648. The highest BCUT2D eigenvalue weighted by atomic mass is 16.3. The lowest BCUT2D eigenvalue weighted by Gasteiger charge is -2.20. The van der Waals surface area contributed by atoms with Crippen LogP contribution in [-0.2, 0) is 0 Å². The highest BCUT2D eigenvalue weighted by Crippen LogP contribution is 2.04. The van der Waals surface area contributed by atoms with Gasteiger partial charge in [0, 0.05) is 6.54 Å². The van der Waals surface area contributed by atoms with Gasteiger partial charge in [-0.15, -0.1) is 0 Å². The van der Waals surface area contributed by atoms with Gasteiger partial charge >= 0.3 is 0 Å². The van der Waals surface area contributed by atoms with Crippen molar-refractivity contribution in [3.63, 3.8) is 0 Å². The maximum absolute atomic E-state index is 9.24. The second kappa shape index (κ2) is 4.66. The standard InChI is InChI=1S/C7H17NO2/c1-5(2)7(10)6(9)4-8-3/h5-10H,4H2,1-3H3. The van der Waals surface area contributed by atoms with Crippen molar-refractivity contribution in [2.24, 2.45) is 5.92 Å². The molecule has 0 spiro atoms. The first kappa shape index (κ1) is 9.88. The predicted octanol–water partition coefficient (Wildman–Crippen LogP) is -0.416. The van der Waals surface area contributed by atoms with E-state index in [1.165, 1.54) is 0 Å². The van der Waals surface area contributed by atoms with Gasteiger partial charge < -0.3 is 15.5 Å². The Morgan fingerprint density at radius 3 is 2.10 bits per heavy atom. The summed E-state index contributed by atoms with van der Waals surface area (Å²) in [6, 6.07) is 0. The summed E-state index contributed by atoms with van der Waals surface area (Å²) >= 11 is 0. The van der Waals surface area contributed by atoms with Crippen LogP contribution in [0.4, 0.5) is 0 Å². The molecule has 0 radical (unpaired) electrons. The summed E-state index contributed by atoms with van der Waals surface area (Å²) in [5.74, 6) is 0.114. The van der Waals surface area contributed by atoms with E-state index < -0.39 is 12.2 Å². The van der Waals surface area contributed by atoms with E-state index in [9.17, 15) is 10.2 Å². The molecule has 3 nitrogen and oxygen atoms in total. The van der Waals surface area contributed by atoms with E-state index >= 15 is 0 Å². The van der Waals surface area contributed by atoms with Gasteiger partial charge in [0.25, 0.3) is 0 Å². The Bertz CT molecular complexity index is 85.7. The van der Waals surface area contributed by atoms with Crippen LogP contribution in [0, 0.1) is 5.92 Å². The Morgan fingerprint density at radius 1 is 1.30 bits per heavy atom. The van der Waals surface area contributed by atoms with E-state index in [-0.39, 0.29) is 5.92 Å². The molecule has 0 aliphatic rings. The first-order valence-corrected chi connectivity index (χ1v) is 3.60. The number of aliphatic hydroxyl groups excluding tert-OH is 2. The lowest BCUT2D eigenvalue weighted by Crippen LogP contribution is -2.37. The summed E-state index contributed by atoms with van der Waals surface area (Å²) in [7, 11) is 1.75. The van der Waals surface area contributed by atoms with E-state index in [4.69, 9.17) is 0 Å². The quantitative estimate of drug-likeness (QED) is 0.506. The van der Waals surface area contributed by atoms with Crippen molar-refractivity contribution < 1.29 is 10.2 Å². The molecule has 0 aliphatic heterocycles. The second-order valence-electron chi connectivity index (χ2n) is 2.86. The highest BCUT2D eigenvalue weighted by Gasteiger charge is 2.18. The molecule has 0 fully saturated rings. The molecule has 0 aromatic rings. The zero-order chi connectivity index (χ0) is 8.15. The summed E-state index contributed by atoms with van der Waals surface area (Å²) in [6.07, 6.45) is -1.27. The third-order valence-corrected chi connectivity index (χ3v) is 1.49. The van der Waals surface area contributed by atoms with Crippen LogP contribution in [0.15, 0.2) is 0 Å². The van der Waals surface area contributed by atoms with Crippen LogP contribution in [0.5, 0.6) is 0 Å². The molecule has 0 rings (SSSR count). The maximum atomic E-state index is 9.24. The number of nitrogens with one attached hydrogen (secondary N) is 1. The van der Waals surface area contributed by atoms with Crippen molar-refractivity contribution in [2.75, 3.05) is 13.6 Å². The minimum Gasteiger partial charge on any atom is -0.390 e. The summed E-state index contributed by atoms with van der Waals surface area (Å²) in [4.78, 5) is 0. The zero-order valence-electron chi connectivity index (χ0n) is 6.83. The molecule has 2 atom stereocenters. The summed E-state index contributed by atoms with van der Waals surface area (Å²) in [6.45, 7) is 4.20. The Balaban J connectivity index is 3.58. The fraction of sp³-hybridized carbons (Fsp3) is 1.00. The topological polar surface area (TPSA) is 52.5 Å². The van der Waals surface area contributed by atoms with Crippen molar-refractivity contribution >= 4 is 0 Å². The molecule has 10 heavy (non-hydrogen) atoms. The van der Waals surface area contributed by atoms with Crippen molar-refractivity contribution in [1.82, 2.24) is 5.32 Å². The molecule has 3 N–H and O–H groups in total. The largest absolute Gasteiger partial charge is 0.390 e. The Morgan fingerprint density at radius 2 is 1.80 bits per heavy atom. The average molecular weight is 147 g/mol. The lowest BCUT2D eigenvalue weighted by molar-refractivity contribution is -0.00600. The fourth-order valence-electron chi connectivity index (χ4n) is 0.774. The molecule has 0 bridgehead atoms. The first-order valence-electron chi connectivity index (χ1n) is 3.60. The van der Waals surface area contributed by atoms with Crippen LogP contribution < -0.4 is 5.32 Å².